The van der Waals surface area contributed by atoms with Crippen molar-refractivity contribution in [3.8, 4) is 0 Å². The number of ether oxygens (including phenoxy) is 1. The Labute approximate surface area is 125 Å². The van der Waals surface area contributed by atoms with E-state index in [1.54, 1.807) is 6.07 Å². The molecule has 0 aliphatic rings. The van der Waals surface area contributed by atoms with Gasteiger partial charge in [0.1, 0.15) is 5.82 Å². The largest absolute Gasteiger partial charge is 0.409 e. The fraction of sp³-hybridized carbons (Fsp3) is 0.533. The summed E-state index contributed by atoms with van der Waals surface area (Å²) >= 11 is 0. The van der Waals surface area contributed by atoms with Crippen molar-refractivity contribution in [1.29, 1.82) is 0 Å². The van der Waals surface area contributed by atoms with Gasteiger partial charge in [0, 0.05) is 25.3 Å². The van der Waals surface area contributed by atoms with Crippen molar-refractivity contribution in [1.82, 2.24) is 5.32 Å². The SMILES string of the molecule is CC(C)COCCCNCc1ccc(F)cc1/C(N)=N/O. The second-order valence-corrected chi connectivity index (χ2v) is 5.29. The first-order valence-corrected chi connectivity index (χ1v) is 7.09. The lowest BCUT2D eigenvalue weighted by atomic mass is 10.1. The van der Waals surface area contributed by atoms with E-state index in [-0.39, 0.29) is 5.84 Å². The predicted molar refractivity (Wildman–Crippen MR) is 80.9 cm³/mol. The zero-order chi connectivity index (χ0) is 15.7. The van der Waals surface area contributed by atoms with Crippen molar-refractivity contribution in [2.75, 3.05) is 19.8 Å². The maximum absolute atomic E-state index is 13.2. The van der Waals surface area contributed by atoms with Crippen LogP contribution in [0.25, 0.3) is 0 Å². The maximum Gasteiger partial charge on any atom is 0.170 e. The summed E-state index contributed by atoms with van der Waals surface area (Å²) in [5.74, 6) is 0.0366. The lowest BCUT2D eigenvalue weighted by molar-refractivity contribution is 0.108. The molecule has 0 aliphatic heterocycles. The molecule has 5 nitrogen and oxygen atoms in total. The van der Waals surface area contributed by atoms with Crippen molar-refractivity contribution in [3.05, 3.63) is 35.1 Å². The van der Waals surface area contributed by atoms with E-state index in [0.29, 0.717) is 24.6 Å². The third kappa shape index (κ3) is 6.55. The van der Waals surface area contributed by atoms with Gasteiger partial charge < -0.3 is 21.0 Å². The highest BCUT2D eigenvalue weighted by molar-refractivity contribution is 5.98. The lowest BCUT2D eigenvalue weighted by Gasteiger charge is -2.10. The Morgan fingerprint density at radius 3 is 2.90 bits per heavy atom. The molecule has 0 saturated heterocycles. The number of halogens is 1. The van der Waals surface area contributed by atoms with Crippen LogP contribution in [0.4, 0.5) is 4.39 Å². The van der Waals surface area contributed by atoms with Crippen molar-refractivity contribution in [2.45, 2.75) is 26.8 Å². The minimum atomic E-state index is -0.414. The Kier molecular flexibility index (Phi) is 7.71. The summed E-state index contributed by atoms with van der Waals surface area (Å²) in [6, 6.07) is 4.25. The van der Waals surface area contributed by atoms with Crippen molar-refractivity contribution < 1.29 is 14.3 Å². The molecular weight excluding hydrogens is 273 g/mol. The minimum absolute atomic E-state index is 0.0911. The van der Waals surface area contributed by atoms with Crippen LogP contribution in [-0.4, -0.2) is 30.8 Å². The summed E-state index contributed by atoms with van der Waals surface area (Å²) in [7, 11) is 0. The summed E-state index contributed by atoms with van der Waals surface area (Å²) in [5, 5.41) is 14.9. The molecule has 0 spiro atoms. The fourth-order valence-corrected chi connectivity index (χ4v) is 1.84. The van der Waals surface area contributed by atoms with Crippen LogP contribution in [0.3, 0.4) is 0 Å². The van der Waals surface area contributed by atoms with E-state index >= 15 is 0 Å². The van der Waals surface area contributed by atoms with Gasteiger partial charge in [-0.3, -0.25) is 0 Å². The normalized spacial score (nSPS) is 12.1. The van der Waals surface area contributed by atoms with Gasteiger partial charge in [0.05, 0.1) is 0 Å². The standard InChI is InChI=1S/C15H24FN3O2/c1-11(2)10-21-7-3-6-18-9-12-4-5-13(16)8-14(12)15(17)19-20/h4-5,8,11,18,20H,3,6-7,9-10H2,1-2H3,(H2,17,19). The molecule has 0 aromatic heterocycles. The molecule has 1 rings (SSSR count). The number of oxime groups is 1. The second kappa shape index (κ2) is 9.31. The van der Waals surface area contributed by atoms with Gasteiger partial charge in [-0.25, -0.2) is 4.39 Å². The summed E-state index contributed by atoms with van der Waals surface area (Å²) in [4.78, 5) is 0. The van der Waals surface area contributed by atoms with Crippen LogP contribution in [0.15, 0.2) is 23.4 Å². The molecule has 21 heavy (non-hydrogen) atoms. The highest BCUT2D eigenvalue weighted by Crippen LogP contribution is 2.11. The molecular formula is C15H24FN3O2. The first-order valence-electron chi connectivity index (χ1n) is 7.09. The number of benzene rings is 1. The van der Waals surface area contributed by atoms with E-state index in [4.69, 9.17) is 15.7 Å². The van der Waals surface area contributed by atoms with Gasteiger partial charge in [-0.1, -0.05) is 25.1 Å². The van der Waals surface area contributed by atoms with E-state index in [0.717, 1.165) is 25.1 Å². The van der Waals surface area contributed by atoms with Crippen LogP contribution in [-0.2, 0) is 11.3 Å². The van der Waals surface area contributed by atoms with Crippen molar-refractivity contribution >= 4 is 5.84 Å². The summed E-state index contributed by atoms with van der Waals surface area (Å²) in [6.07, 6.45) is 0.896. The molecule has 0 fully saturated rings. The average molecular weight is 297 g/mol. The van der Waals surface area contributed by atoms with E-state index < -0.39 is 5.82 Å². The average Bonchev–Trinajstić information content (AvgIpc) is 2.46. The number of hydrogen-bond donors (Lipinski definition) is 3. The second-order valence-electron chi connectivity index (χ2n) is 5.29. The van der Waals surface area contributed by atoms with E-state index in [2.05, 4.69) is 24.3 Å². The Morgan fingerprint density at radius 1 is 1.48 bits per heavy atom. The summed E-state index contributed by atoms with van der Waals surface area (Å²) in [5.41, 5.74) is 6.74. The number of amidine groups is 1. The van der Waals surface area contributed by atoms with E-state index in [1.165, 1.54) is 12.1 Å². The maximum atomic E-state index is 13.2. The zero-order valence-electron chi connectivity index (χ0n) is 12.6. The van der Waals surface area contributed by atoms with Crippen LogP contribution in [0.2, 0.25) is 0 Å². The fourth-order valence-electron chi connectivity index (χ4n) is 1.84. The van der Waals surface area contributed by atoms with E-state index in [1.807, 2.05) is 0 Å². The molecule has 0 atom stereocenters. The molecule has 0 aliphatic carbocycles. The topological polar surface area (TPSA) is 79.9 Å². The van der Waals surface area contributed by atoms with Gasteiger partial charge >= 0.3 is 0 Å². The van der Waals surface area contributed by atoms with Gasteiger partial charge in [-0.15, -0.1) is 0 Å². The quantitative estimate of drug-likeness (QED) is 0.214. The van der Waals surface area contributed by atoms with Crippen LogP contribution < -0.4 is 11.1 Å². The van der Waals surface area contributed by atoms with Gasteiger partial charge in [0.2, 0.25) is 0 Å². The number of hydrogen-bond acceptors (Lipinski definition) is 4. The van der Waals surface area contributed by atoms with Gasteiger partial charge in [-0.2, -0.15) is 0 Å². The molecule has 1 aromatic carbocycles. The van der Waals surface area contributed by atoms with Crippen LogP contribution in [0.5, 0.6) is 0 Å². The molecule has 4 N–H and O–H groups in total. The zero-order valence-corrected chi connectivity index (χ0v) is 12.6. The molecule has 0 heterocycles. The predicted octanol–water partition coefficient (Wildman–Crippen LogP) is 2.07. The molecule has 0 radical (unpaired) electrons. The minimum Gasteiger partial charge on any atom is -0.409 e. The number of rotatable bonds is 9. The van der Waals surface area contributed by atoms with Crippen LogP contribution >= 0.6 is 0 Å². The first-order chi connectivity index (χ1) is 10.0. The highest BCUT2D eigenvalue weighted by atomic mass is 19.1. The molecule has 0 bridgehead atoms. The molecule has 0 saturated carbocycles. The van der Waals surface area contributed by atoms with Gasteiger partial charge in [0.15, 0.2) is 5.84 Å². The third-order valence-electron chi connectivity index (χ3n) is 2.86. The van der Waals surface area contributed by atoms with Crippen LogP contribution in [0.1, 0.15) is 31.4 Å². The smallest absolute Gasteiger partial charge is 0.170 e. The highest BCUT2D eigenvalue weighted by Gasteiger charge is 2.08. The number of nitrogens with one attached hydrogen (secondary N) is 1. The Bertz CT molecular complexity index is 464. The summed E-state index contributed by atoms with van der Waals surface area (Å²) < 4.78 is 18.7. The van der Waals surface area contributed by atoms with E-state index in [9.17, 15) is 4.39 Å². The number of nitrogens with zero attached hydrogens (tertiary/aromatic N) is 1. The molecule has 1 aromatic rings. The Hall–Kier alpha value is -1.66. The molecule has 118 valence electrons. The summed E-state index contributed by atoms with van der Waals surface area (Å²) in [6.45, 7) is 7.01. The monoisotopic (exact) mass is 297 g/mol. The van der Waals surface area contributed by atoms with Gasteiger partial charge in [-0.05, 0) is 36.6 Å². The first kappa shape index (κ1) is 17.4. The molecule has 0 amide bonds. The van der Waals surface area contributed by atoms with Crippen LogP contribution in [0, 0.1) is 11.7 Å². The van der Waals surface area contributed by atoms with Gasteiger partial charge in [0.25, 0.3) is 0 Å². The lowest BCUT2D eigenvalue weighted by Crippen LogP contribution is -2.21. The Balaban J connectivity index is 2.38. The Morgan fingerprint density at radius 2 is 2.24 bits per heavy atom. The third-order valence-corrected chi connectivity index (χ3v) is 2.86. The van der Waals surface area contributed by atoms with Crippen molar-refractivity contribution in [2.24, 2.45) is 16.8 Å². The molecule has 0 unspecified atom stereocenters. The molecule has 6 heteroatoms. The number of nitrogens with two attached hydrogens (primary N) is 1. The van der Waals surface area contributed by atoms with Crippen molar-refractivity contribution in [3.63, 3.8) is 0 Å².